The first-order valence-electron chi connectivity index (χ1n) is 3.72. The fraction of sp³-hybridized carbons (Fsp3) is 1.00. The minimum Gasteiger partial charge on any atom is -0.330 e. The van der Waals surface area contributed by atoms with E-state index in [1.54, 1.807) is 0 Å². The molecule has 2 N–H and O–H groups in total. The molecule has 0 aromatic rings. The minimum atomic E-state index is -2.10. The molecule has 10 heavy (non-hydrogen) atoms. The first-order valence-corrected chi connectivity index (χ1v) is 3.72. The molecule has 1 rings (SSSR count). The summed E-state index contributed by atoms with van der Waals surface area (Å²) in [6, 6.07) is 0. The Hall–Kier alpha value is -0.180. The van der Waals surface area contributed by atoms with Crippen LogP contribution < -0.4 is 5.73 Å². The molecule has 60 valence electrons. The number of hydrogen-bond acceptors (Lipinski definition) is 1. The first kappa shape index (κ1) is 7.92. The van der Waals surface area contributed by atoms with Crippen molar-refractivity contribution in [3.05, 3.63) is 0 Å². The van der Waals surface area contributed by atoms with Gasteiger partial charge in [-0.3, -0.25) is 0 Å². The molecule has 1 aliphatic rings. The molecule has 3 heteroatoms. The average molecular weight is 149 g/mol. The second-order valence-electron chi connectivity index (χ2n) is 3.01. The second-order valence-corrected chi connectivity index (χ2v) is 3.01. The van der Waals surface area contributed by atoms with Gasteiger partial charge in [0.05, 0.1) is 0 Å². The average Bonchev–Trinajstić information content (AvgIpc) is 1.76. The summed E-state index contributed by atoms with van der Waals surface area (Å²) >= 11 is 0. The summed E-state index contributed by atoms with van der Waals surface area (Å²) in [6.07, 6.45) is 0.196. The van der Waals surface area contributed by atoms with E-state index in [-0.39, 0.29) is 5.92 Å². The van der Waals surface area contributed by atoms with Crippen molar-refractivity contribution in [3.8, 4) is 0 Å². The van der Waals surface area contributed by atoms with E-state index in [4.69, 9.17) is 5.73 Å². The van der Waals surface area contributed by atoms with E-state index in [0.29, 0.717) is 25.3 Å². The van der Waals surface area contributed by atoms with Gasteiger partial charge in [0.25, 0.3) is 0 Å². The highest BCUT2D eigenvalue weighted by Gasteiger charge is 2.34. The zero-order valence-corrected chi connectivity index (χ0v) is 5.89. The number of halogens is 2. The van der Waals surface area contributed by atoms with Gasteiger partial charge in [0.2, 0.25) is 6.43 Å². The SMILES string of the molecule is NCCC1CC(C(F)F)C1. The Labute approximate surface area is 59.6 Å². The van der Waals surface area contributed by atoms with Crippen molar-refractivity contribution >= 4 is 0 Å². The van der Waals surface area contributed by atoms with Crippen molar-refractivity contribution in [2.24, 2.45) is 17.6 Å². The Kier molecular flexibility index (Phi) is 2.60. The molecule has 0 radical (unpaired) electrons. The molecule has 0 atom stereocenters. The zero-order chi connectivity index (χ0) is 7.56. The molecule has 0 heterocycles. The van der Waals surface area contributed by atoms with Gasteiger partial charge in [-0.05, 0) is 31.7 Å². The maximum atomic E-state index is 11.9. The lowest BCUT2D eigenvalue weighted by Crippen LogP contribution is -2.30. The summed E-state index contributed by atoms with van der Waals surface area (Å²) in [6.45, 7) is 0.640. The van der Waals surface area contributed by atoms with Crippen LogP contribution in [0.2, 0.25) is 0 Å². The van der Waals surface area contributed by atoms with E-state index in [1.165, 1.54) is 0 Å². The molecule has 0 spiro atoms. The van der Waals surface area contributed by atoms with Gasteiger partial charge in [-0.25, -0.2) is 8.78 Å². The zero-order valence-electron chi connectivity index (χ0n) is 5.89. The lowest BCUT2D eigenvalue weighted by atomic mass is 9.73. The quantitative estimate of drug-likeness (QED) is 0.648. The molecule has 1 aliphatic carbocycles. The van der Waals surface area contributed by atoms with Gasteiger partial charge in [0.1, 0.15) is 0 Å². The van der Waals surface area contributed by atoms with Crippen LogP contribution in [0.5, 0.6) is 0 Å². The van der Waals surface area contributed by atoms with Crippen LogP contribution in [0.25, 0.3) is 0 Å². The van der Waals surface area contributed by atoms with Gasteiger partial charge in [-0.15, -0.1) is 0 Å². The molecule has 0 saturated heterocycles. The van der Waals surface area contributed by atoms with Gasteiger partial charge in [0, 0.05) is 5.92 Å². The van der Waals surface area contributed by atoms with Crippen LogP contribution in [0.15, 0.2) is 0 Å². The van der Waals surface area contributed by atoms with Crippen molar-refractivity contribution < 1.29 is 8.78 Å². The van der Waals surface area contributed by atoms with Gasteiger partial charge in [-0.1, -0.05) is 0 Å². The molecule has 0 aromatic carbocycles. The largest absolute Gasteiger partial charge is 0.330 e. The summed E-state index contributed by atoms with van der Waals surface area (Å²) in [4.78, 5) is 0. The molecule has 0 unspecified atom stereocenters. The number of alkyl halides is 2. The van der Waals surface area contributed by atoms with Crippen LogP contribution in [0, 0.1) is 11.8 Å². The summed E-state index contributed by atoms with van der Waals surface area (Å²) in [5, 5.41) is 0. The van der Waals surface area contributed by atoms with Crippen molar-refractivity contribution in [3.63, 3.8) is 0 Å². The van der Waals surface area contributed by atoms with Gasteiger partial charge >= 0.3 is 0 Å². The summed E-state index contributed by atoms with van der Waals surface area (Å²) < 4.78 is 23.7. The highest BCUT2D eigenvalue weighted by Crippen LogP contribution is 2.39. The second kappa shape index (κ2) is 3.28. The van der Waals surface area contributed by atoms with E-state index in [9.17, 15) is 8.78 Å². The number of nitrogens with two attached hydrogens (primary N) is 1. The predicted octanol–water partition coefficient (Wildman–Crippen LogP) is 1.63. The Morgan fingerprint density at radius 1 is 1.40 bits per heavy atom. The molecule has 1 fully saturated rings. The van der Waals surface area contributed by atoms with E-state index in [1.807, 2.05) is 0 Å². The highest BCUT2D eigenvalue weighted by atomic mass is 19.3. The maximum absolute atomic E-state index is 11.9. The van der Waals surface area contributed by atoms with E-state index in [2.05, 4.69) is 0 Å². The van der Waals surface area contributed by atoms with Crippen LogP contribution in [-0.2, 0) is 0 Å². The molecule has 0 amide bonds. The number of hydrogen-bond donors (Lipinski definition) is 1. The van der Waals surface area contributed by atoms with Crippen molar-refractivity contribution in [1.82, 2.24) is 0 Å². The molecule has 0 aromatic heterocycles. The first-order chi connectivity index (χ1) is 4.74. The summed E-state index contributed by atoms with van der Waals surface area (Å²) in [7, 11) is 0. The van der Waals surface area contributed by atoms with Crippen molar-refractivity contribution in [2.45, 2.75) is 25.7 Å². The molecular weight excluding hydrogens is 136 g/mol. The van der Waals surface area contributed by atoms with Crippen LogP contribution in [0.3, 0.4) is 0 Å². The van der Waals surface area contributed by atoms with Gasteiger partial charge < -0.3 is 5.73 Å². The maximum Gasteiger partial charge on any atom is 0.241 e. The van der Waals surface area contributed by atoms with Crippen molar-refractivity contribution in [2.75, 3.05) is 6.54 Å². The van der Waals surface area contributed by atoms with Gasteiger partial charge in [0.15, 0.2) is 0 Å². The van der Waals surface area contributed by atoms with Crippen LogP contribution in [0.4, 0.5) is 8.78 Å². The highest BCUT2D eigenvalue weighted by molar-refractivity contribution is 4.80. The standard InChI is InChI=1S/C7H13F2N/c8-7(9)6-3-5(4-6)1-2-10/h5-7H,1-4,10H2. The Bertz CT molecular complexity index is 99.8. The topological polar surface area (TPSA) is 26.0 Å². The lowest BCUT2D eigenvalue weighted by molar-refractivity contribution is 0.00109. The molecule has 0 aliphatic heterocycles. The Morgan fingerprint density at radius 3 is 2.40 bits per heavy atom. The predicted molar refractivity (Wildman–Crippen MR) is 35.9 cm³/mol. The van der Waals surface area contributed by atoms with Crippen molar-refractivity contribution in [1.29, 1.82) is 0 Å². The van der Waals surface area contributed by atoms with Crippen LogP contribution in [-0.4, -0.2) is 13.0 Å². The fourth-order valence-corrected chi connectivity index (χ4v) is 1.46. The third kappa shape index (κ3) is 1.66. The van der Waals surface area contributed by atoms with Crippen LogP contribution >= 0.6 is 0 Å². The normalized spacial score (nSPS) is 32.4. The fourth-order valence-electron chi connectivity index (χ4n) is 1.46. The number of rotatable bonds is 3. The molecule has 1 saturated carbocycles. The van der Waals surface area contributed by atoms with E-state index in [0.717, 1.165) is 6.42 Å². The monoisotopic (exact) mass is 149 g/mol. The molecule has 0 bridgehead atoms. The van der Waals surface area contributed by atoms with E-state index < -0.39 is 6.43 Å². The lowest BCUT2D eigenvalue weighted by Gasteiger charge is -2.34. The summed E-state index contributed by atoms with van der Waals surface area (Å²) in [5.41, 5.74) is 5.27. The smallest absolute Gasteiger partial charge is 0.241 e. The Morgan fingerprint density at radius 2 is 2.00 bits per heavy atom. The molecule has 1 nitrogen and oxygen atoms in total. The van der Waals surface area contributed by atoms with E-state index >= 15 is 0 Å². The minimum absolute atomic E-state index is 0.323. The third-order valence-electron chi connectivity index (χ3n) is 2.20. The van der Waals surface area contributed by atoms with Gasteiger partial charge in [-0.2, -0.15) is 0 Å². The molecular formula is C7H13F2N. The summed E-state index contributed by atoms with van der Waals surface area (Å²) in [5.74, 6) is 0.167. The third-order valence-corrected chi connectivity index (χ3v) is 2.20. The van der Waals surface area contributed by atoms with Crippen LogP contribution in [0.1, 0.15) is 19.3 Å². The Balaban J connectivity index is 2.06.